The molecule has 4 rings (SSSR count). The number of hydrogen-bond acceptors (Lipinski definition) is 3. The number of ether oxygens (including phenoxy) is 1. The average Bonchev–Trinajstić information content (AvgIpc) is 3.56. The van der Waals surface area contributed by atoms with Gasteiger partial charge >= 0.3 is 0 Å². The minimum Gasteiger partial charge on any atom is -0.489 e. The molecule has 2 fully saturated rings. The van der Waals surface area contributed by atoms with E-state index in [4.69, 9.17) is 10.00 Å². The van der Waals surface area contributed by atoms with Crippen LogP contribution >= 0.6 is 0 Å². The smallest absolute Gasteiger partial charge is 0.224 e. The predicted molar refractivity (Wildman–Crippen MR) is 93.8 cm³/mol. The summed E-state index contributed by atoms with van der Waals surface area (Å²) in [5, 5.41) is 12.0. The Morgan fingerprint density at radius 2 is 1.88 bits per heavy atom. The minimum atomic E-state index is -0.570. The van der Waals surface area contributed by atoms with Crippen LogP contribution in [0.5, 0.6) is 5.75 Å². The van der Waals surface area contributed by atoms with Crippen molar-refractivity contribution in [3.05, 3.63) is 65.7 Å². The number of nitriles is 1. The van der Waals surface area contributed by atoms with Crippen molar-refractivity contribution in [3.63, 3.8) is 0 Å². The maximum absolute atomic E-state index is 12.2. The number of amides is 1. The SMILES string of the molecule is N#CC1(NC(=O)[C@@H]2C[C@@H]2c2ccc(OCc3ccccc3)cc2)CC1. The van der Waals surface area contributed by atoms with E-state index in [1.807, 2.05) is 54.6 Å². The molecule has 1 N–H and O–H groups in total. The Hall–Kier alpha value is -2.80. The van der Waals surface area contributed by atoms with E-state index in [9.17, 15) is 4.79 Å². The second-order valence-electron chi connectivity index (χ2n) is 6.98. The molecule has 0 unspecified atom stereocenters. The molecular weight excluding hydrogens is 312 g/mol. The molecule has 0 aromatic heterocycles. The molecule has 0 heterocycles. The summed E-state index contributed by atoms with van der Waals surface area (Å²) in [5.41, 5.74) is 1.73. The normalized spacial score (nSPS) is 22.5. The number of carbonyl (C=O) groups excluding carboxylic acids is 1. The maximum atomic E-state index is 12.2. The molecule has 4 heteroatoms. The number of nitrogens with one attached hydrogen (secondary N) is 1. The van der Waals surface area contributed by atoms with E-state index in [-0.39, 0.29) is 17.7 Å². The van der Waals surface area contributed by atoms with Gasteiger partial charge in [-0.15, -0.1) is 0 Å². The molecule has 0 aliphatic heterocycles. The fourth-order valence-corrected chi connectivity index (χ4v) is 3.12. The van der Waals surface area contributed by atoms with E-state index in [0.29, 0.717) is 6.61 Å². The van der Waals surface area contributed by atoms with Crippen LogP contribution in [0.1, 0.15) is 36.3 Å². The van der Waals surface area contributed by atoms with Crippen LogP contribution in [0, 0.1) is 17.2 Å². The highest BCUT2D eigenvalue weighted by Crippen LogP contribution is 2.48. The van der Waals surface area contributed by atoms with Crippen molar-refractivity contribution in [1.29, 1.82) is 5.26 Å². The zero-order chi connectivity index (χ0) is 17.3. The molecule has 2 aliphatic carbocycles. The highest BCUT2D eigenvalue weighted by atomic mass is 16.5. The first-order valence-corrected chi connectivity index (χ1v) is 8.69. The van der Waals surface area contributed by atoms with Gasteiger partial charge in [-0.1, -0.05) is 42.5 Å². The summed E-state index contributed by atoms with van der Waals surface area (Å²) in [6, 6.07) is 20.3. The van der Waals surface area contributed by atoms with Crippen LogP contribution in [0.2, 0.25) is 0 Å². The molecule has 2 aromatic rings. The summed E-state index contributed by atoms with van der Waals surface area (Å²) in [6.07, 6.45) is 2.41. The Labute approximate surface area is 147 Å². The first-order chi connectivity index (χ1) is 12.2. The minimum absolute atomic E-state index is 0.00177. The quantitative estimate of drug-likeness (QED) is 0.880. The highest BCUT2D eigenvalue weighted by molar-refractivity contribution is 5.84. The Morgan fingerprint density at radius 3 is 2.52 bits per heavy atom. The third-order valence-corrected chi connectivity index (χ3v) is 5.01. The van der Waals surface area contributed by atoms with E-state index >= 15 is 0 Å². The van der Waals surface area contributed by atoms with Crippen LogP contribution in [-0.4, -0.2) is 11.4 Å². The van der Waals surface area contributed by atoms with Crippen molar-refractivity contribution >= 4 is 5.91 Å². The Kier molecular flexibility index (Phi) is 3.93. The summed E-state index contributed by atoms with van der Waals surface area (Å²) in [7, 11) is 0. The molecule has 0 radical (unpaired) electrons. The molecule has 2 aromatic carbocycles. The van der Waals surface area contributed by atoms with Gasteiger partial charge in [0.1, 0.15) is 17.9 Å². The monoisotopic (exact) mass is 332 g/mol. The maximum Gasteiger partial charge on any atom is 0.224 e. The molecule has 0 bridgehead atoms. The largest absolute Gasteiger partial charge is 0.489 e. The van der Waals surface area contributed by atoms with Gasteiger partial charge in [0.05, 0.1) is 6.07 Å². The fourth-order valence-electron chi connectivity index (χ4n) is 3.12. The number of nitrogens with zero attached hydrogens (tertiary/aromatic N) is 1. The van der Waals surface area contributed by atoms with Crippen LogP contribution in [0.4, 0.5) is 0 Å². The standard InChI is InChI=1S/C21H20N2O2/c22-14-21(10-11-21)23-20(24)19-12-18(19)16-6-8-17(9-7-16)25-13-15-4-2-1-3-5-15/h1-9,18-19H,10-13H2,(H,23,24)/t18-,19-/m1/s1. The van der Waals surface area contributed by atoms with Crippen molar-refractivity contribution < 1.29 is 9.53 Å². The van der Waals surface area contributed by atoms with E-state index in [1.54, 1.807) is 0 Å². The second kappa shape index (κ2) is 6.25. The van der Waals surface area contributed by atoms with Gasteiger partial charge in [0.15, 0.2) is 0 Å². The number of hydrogen-bond donors (Lipinski definition) is 1. The molecule has 4 nitrogen and oxygen atoms in total. The van der Waals surface area contributed by atoms with Crippen LogP contribution in [0.25, 0.3) is 0 Å². The van der Waals surface area contributed by atoms with Crippen LogP contribution in [0.15, 0.2) is 54.6 Å². The van der Waals surface area contributed by atoms with Crippen LogP contribution in [-0.2, 0) is 11.4 Å². The van der Waals surface area contributed by atoms with Crippen molar-refractivity contribution in [1.82, 2.24) is 5.32 Å². The molecule has 2 atom stereocenters. The van der Waals surface area contributed by atoms with Crippen molar-refractivity contribution in [2.75, 3.05) is 0 Å². The van der Waals surface area contributed by atoms with E-state index in [1.165, 1.54) is 0 Å². The Bertz CT molecular complexity index is 804. The Morgan fingerprint density at radius 1 is 1.16 bits per heavy atom. The molecule has 0 spiro atoms. The van der Waals surface area contributed by atoms with Crippen LogP contribution in [0.3, 0.4) is 0 Å². The first-order valence-electron chi connectivity index (χ1n) is 8.69. The predicted octanol–water partition coefficient (Wildman–Crippen LogP) is 3.54. The van der Waals surface area contributed by atoms with Crippen molar-refractivity contribution in [2.45, 2.75) is 37.3 Å². The van der Waals surface area contributed by atoms with E-state index in [0.717, 1.165) is 36.1 Å². The number of rotatable bonds is 6. The summed E-state index contributed by atoms with van der Waals surface area (Å²) in [5.74, 6) is 1.11. The summed E-state index contributed by atoms with van der Waals surface area (Å²) < 4.78 is 5.79. The van der Waals surface area contributed by atoms with Gasteiger partial charge in [-0.25, -0.2) is 0 Å². The molecule has 2 saturated carbocycles. The van der Waals surface area contributed by atoms with Crippen molar-refractivity contribution in [2.24, 2.45) is 5.92 Å². The first kappa shape index (κ1) is 15.7. The Balaban J connectivity index is 1.31. The van der Waals surface area contributed by atoms with Gasteiger partial charge in [-0.2, -0.15) is 5.26 Å². The lowest BCUT2D eigenvalue weighted by atomic mass is 10.1. The lowest BCUT2D eigenvalue weighted by Gasteiger charge is -2.09. The van der Waals surface area contributed by atoms with Gasteiger partial charge in [0, 0.05) is 5.92 Å². The molecule has 0 saturated heterocycles. The molecule has 126 valence electrons. The molecule has 1 amide bonds. The number of benzene rings is 2. The van der Waals surface area contributed by atoms with Crippen molar-refractivity contribution in [3.8, 4) is 11.8 Å². The molecular formula is C21H20N2O2. The average molecular weight is 332 g/mol. The van der Waals surface area contributed by atoms with Gasteiger partial charge in [-0.3, -0.25) is 4.79 Å². The van der Waals surface area contributed by atoms with Gasteiger partial charge in [0.2, 0.25) is 5.91 Å². The zero-order valence-corrected chi connectivity index (χ0v) is 13.9. The second-order valence-corrected chi connectivity index (χ2v) is 6.98. The summed E-state index contributed by atoms with van der Waals surface area (Å²) in [6.45, 7) is 0.547. The topological polar surface area (TPSA) is 62.1 Å². The lowest BCUT2D eigenvalue weighted by Crippen LogP contribution is -2.36. The third kappa shape index (κ3) is 3.51. The summed E-state index contributed by atoms with van der Waals surface area (Å²) in [4.78, 5) is 12.2. The third-order valence-electron chi connectivity index (χ3n) is 5.01. The molecule has 2 aliphatic rings. The number of carbonyl (C=O) groups is 1. The lowest BCUT2D eigenvalue weighted by molar-refractivity contribution is -0.123. The zero-order valence-electron chi connectivity index (χ0n) is 13.9. The van der Waals surface area contributed by atoms with E-state index < -0.39 is 5.54 Å². The summed E-state index contributed by atoms with van der Waals surface area (Å²) >= 11 is 0. The molecule has 25 heavy (non-hydrogen) atoms. The van der Waals surface area contributed by atoms with Gasteiger partial charge in [0.25, 0.3) is 0 Å². The van der Waals surface area contributed by atoms with Gasteiger partial charge in [-0.05, 0) is 48.4 Å². The van der Waals surface area contributed by atoms with Gasteiger partial charge < -0.3 is 10.1 Å². The van der Waals surface area contributed by atoms with Crippen LogP contribution < -0.4 is 10.1 Å². The fraction of sp³-hybridized carbons (Fsp3) is 0.333. The highest BCUT2D eigenvalue weighted by Gasteiger charge is 2.50. The van der Waals surface area contributed by atoms with E-state index in [2.05, 4.69) is 11.4 Å².